The van der Waals surface area contributed by atoms with Crippen LogP contribution in [0.4, 0.5) is 8.78 Å². The second-order valence-corrected chi connectivity index (χ2v) is 5.36. The lowest BCUT2D eigenvalue weighted by molar-refractivity contribution is -0.128. The van der Waals surface area contributed by atoms with Crippen molar-refractivity contribution >= 4 is 11.8 Å². The number of primary amides is 1. The third kappa shape index (κ3) is 6.63. The summed E-state index contributed by atoms with van der Waals surface area (Å²) in [5.74, 6) is -0.802. The van der Waals surface area contributed by atoms with Crippen molar-refractivity contribution in [3.8, 4) is 5.75 Å². The monoisotopic (exact) mass is 328 g/mol. The number of carbonyl (C=O) groups is 2. The van der Waals surface area contributed by atoms with E-state index in [-0.39, 0.29) is 24.0 Å². The molecule has 0 fully saturated rings. The van der Waals surface area contributed by atoms with Crippen LogP contribution in [-0.4, -0.2) is 24.5 Å². The number of ether oxygens (including phenoxy) is 1. The van der Waals surface area contributed by atoms with E-state index in [0.29, 0.717) is 6.42 Å². The molecule has 1 aromatic carbocycles. The molecule has 0 aliphatic heterocycles. The molecule has 0 bridgehead atoms. The molecule has 0 spiro atoms. The van der Waals surface area contributed by atoms with Gasteiger partial charge in [0.15, 0.2) is 0 Å². The number of nitrogens with one attached hydrogen (secondary N) is 1. The number of benzene rings is 1. The summed E-state index contributed by atoms with van der Waals surface area (Å²) in [4.78, 5) is 23.3. The minimum atomic E-state index is -2.86. The zero-order valence-corrected chi connectivity index (χ0v) is 13.2. The average Bonchev–Trinajstić information content (AvgIpc) is 2.50. The summed E-state index contributed by atoms with van der Waals surface area (Å²) >= 11 is 0. The number of amides is 2. The van der Waals surface area contributed by atoms with Crippen LogP contribution in [0.3, 0.4) is 0 Å². The maximum atomic E-state index is 12.0. The van der Waals surface area contributed by atoms with E-state index < -0.39 is 18.6 Å². The molecule has 128 valence electrons. The van der Waals surface area contributed by atoms with Gasteiger partial charge in [-0.25, -0.2) is 0 Å². The normalized spacial score (nSPS) is 13.4. The van der Waals surface area contributed by atoms with Crippen LogP contribution in [-0.2, 0) is 16.0 Å². The van der Waals surface area contributed by atoms with Gasteiger partial charge in [-0.1, -0.05) is 32.4 Å². The first kappa shape index (κ1) is 18.9. The van der Waals surface area contributed by atoms with Gasteiger partial charge in [0.25, 0.3) is 0 Å². The summed E-state index contributed by atoms with van der Waals surface area (Å²) in [7, 11) is 0. The SMILES string of the molecule is CCC(C)C(NC(=O)CCc1ccc(OC(F)F)cc1)C(N)=O. The van der Waals surface area contributed by atoms with Gasteiger partial charge >= 0.3 is 6.61 Å². The van der Waals surface area contributed by atoms with Crippen molar-refractivity contribution in [1.29, 1.82) is 0 Å². The van der Waals surface area contributed by atoms with E-state index in [1.54, 1.807) is 12.1 Å². The number of halogens is 2. The van der Waals surface area contributed by atoms with Gasteiger partial charge in [0.05, 0.1) is 0 Å². The highest BCUT2D eigenvalue weighted by atomic mass is 19.3. The summed E-state index contributed by atoms with van der Waals surface area (Å²) in [5.41, 5.74) is 6.10. The zero-order chi connectivity index (χ0) is 17.4. The molecule has 0 aromatic heterocycles. The molecule has 0 saturated carbocycles. The summed E-state index contributed by atoms with van der Waals surface area (Å²) < 4.78 is 28.3. The van der Waals surface area contributed by atoms with Crippen molar-refractivity contribution in [3.05, 3.63) is 29.8 Å². The number of hydrogen-bond donors (Lipinski definition) is 2. The molecule has 5 nitrogen and oxygen atoms in total. The van der Waals surface area contributed by atoms with Crippen LogP contribution in [0.1, 0.15) is 32.3 Å². The molecule has 23 heavy (non-hydrogen) atoms. The second kappa shape index (κ2) is 9.07. The van der Waals surface area contributed by atoms with E-state index in [2.05, 4.69) is 10.1 Å². The quantitative estimate of drug-likeness (QED) is 0.729. The Bertz CT molecular complexity index is 521. The number of hydrogen-bond acceptors (Lipinski definition) is 3. The minimum absolute atomic E-state index is 0.0396. The first-order valence-corrected chi connectivity index (χ1v) is 7.46. The van der Waals surface area contributed by atoms with Crippen molar-refractivity contribution < 1.29 is 23.1 Å². The van der Waals surface area contributed by atoms with Gasteiger partial charge in [0.2, 0.25) is 11.8 Å². The molecular weight excluding hydrogens is 306 g/mol. The van der Waals surface area contributed by atoms with Crippen LogP contribution in [0.2, 0.25) is 0 Å². The Hall–Kier alpha value is -2.18. The van der Waals surface area contributed by atoms with Gasteiger partial charge in [-0.15, -0.1) is 0 Å². The number of alkyl halides is 2. The molecule has 2 unspecified atom stereocenters. The van der Waals surface area contributed by atoms with E-state index in [1.165, 1.54) is 12.1 Å². The molecule has 0 saturated heterocycles. The van der Waals surface area contributed by atoms with Crippen molar-refractivity contribution in [2.75, 3.05) is 0 Å². The van der Waals surface area contributed by atoms with Gasteiger partial charge in [-0.3, -0.25) is 9.59 Å². The molecule has 0 aliphatic rings. The van der Waals surface area contributed by atoms with E-state index >= 15 is 0 Å². The number of aryl methyl sites for hydroxylation is 1. The highest BCUT2D eigenvalue weighted by Crippen LogP contribution is 2.16. The summed E-state index contributed by atoms with van der Waals surface area (Å²) in [6.07, 6.45) is 1.32. The van der Waals surface area contributed by atoms with Crippen LogP contribution in [0.5, 0.6) is 5.75 Å². The smallest absolute Gasteiger partial charge is 0.387 e. The fraction of sp³-hybridized carbons (Fsp3) is 0.500. The molecule has 2 atom stereocenters. The molecule has 1 rings (SSSR count). The van der Waals surface area contributed by atoms with Gasteiger partial charge in [-0.2, -0.15) is 8.78 Å². The van der Waals surface area contributed by atoms with Crippen molar-refractivity contribution in [2.45, 2.75) is 45.8 Å². The summed E-state index contributed by atoms with van der Waals surface area (Å²) in [6.45, 7) is 0.894. The Morgan fingerprint density at radius 2 is 1.87 bits per heavy atom. The lowest BCUT2D eigenvalue weighted by Crippen LogP contribution is -2.48. The maximum absolute atomic E-state index is 12.0. The van der Waals surface area contributed by atoms with Gasteiger partial charge in [0, 0.05) is 6.42 Å². The zero-order valence-electron chi connectivity index (χ0n) is 13.2. The number of nitrogens with two attached hydrogens (primary N) is 1. The molecule has 0 radical (unpaired) electrons. The molecule has 3 N–H and O–H groups in total. The highest BCUT2D eigenvalue weighted by Gasteiger charge is 2.23. The molecular formula is C16H22F2N2O3. The van der Waals surface area contributed by atoms with Gasteiger partial charge in [0.1, 0.15) is 11.8 Å². The number of rotatable bonds is 9. The summed E-state index contributed by atoms with van der Waals surface area (Å²) in [5, 5.41) is 2.64. The standard InChI is InChI=1S/C16H22F2N2O3/c1-3-10(2)14(15(19)22)20-13(21)9-6-11-4-7-12(8-5-11)23-16(17)18/h4-5,7-8,10,14,16H,3,6,9H2,1-2H3,(H2,19,22)(H,20,21). The average molecular weight is 328 g/mol. The van der Waals surface area contributed by atoms with Crippen LogP contribution in [0.15, 0.2) is 24.3 Å². The minimum Gasteiger partial charge on any atom is -0.435 e. The van der Waals surface area contributed by atoms with Crippen molar-refractivity contribution in [3.63, 3.8) is 0 Å². The van der Waals surface area contributed by atoms with Crippen LogP contribution < -0.4 is 15.8 Å². The Morgan fingerprint density at radius 1 is 1.26 bits per heavy atom. The third-order valence-electron chi connectivity index (χ3n) is 3.63. The molecule has 2 amide bonds. The van der Waals surface area contributed by atoms with E-state index in [4.69, 9.17) is 5.73 Å². The lowest BCUT2D eigenvalue weighted by atomic mass is 9.98. The lowest BCUT2D eigenvalue weighted by Gasteiger charge is -2.21. The Labute approximate surface area is 134 Å². The van der Waals surface area contributed by atoms with Crippen LogP contribution in [0, 0.1) is 5.92 Å². The van der Waals surface area contributed by atoms with Crippen LogP contribution >= 0.6 is 0 Å². The first-order chi connectivity index (χ1) is 10.8. The fourth-order valence-electron chi connectivity index (χ4n) is 2.07. The molecule has 1 aromatic rings. The maximum Gasteiger partial charge on any atom is 0.387 e. The fourth-order valence-corrected chi connectivity index (χ4v) is 2.07. The first-order valence-electron chi connectivity index (χ1n) is 7.46. The van der Waals surface area contributed by atoms with E-state index in [9.17, 15) is 18.4 Å². The third-order valence-corrected chi connectivity index (χ3v) is 3.63. The Kier molecular flexibility index (Phi) is 7.44. The topological polar surface area (TPSA) is 81.4 Å². The number of carbonyl (C=O) groups excluding carboxylic acids is 2. The van der Waals surface area contributed by atoms with E-state index in [1.807, 2.05) is 13.8 Å². The molecule has 0 heterocycles. The second-order valence-electron chi connectivity index (χ2n) is 5.36. The van der Waals surface area contributed by atoms with Crippen LogP contribution in [0.25, 0.3) is 0 Å². The van der Waals surface area contributed by atoms with Crippen molar-refractivity contribution in [2.24, 2.45) is 11.7 Å². The van der Waals surface area contributed by atoms with Crippen molar-refractivity contribution in [1.82, 2.24) is 5.32 Å². The molecule has 7 heteroatoms. The van der Waals surface area contributed by atoms with Gasteiger partial charge in [-0.05, 0) is 30.0 Å². The Morgan fingerprint density at radius 3 is 2.35 bits per heavy atom. The van der Waals surface area contributed by atoms with Gasteiger partial charge < -0.3 is 15.8 Å². The predicted octanol–water partition coefficient (Wildman–Crippen LogP) is 2.24. The largest absolute Gasteiger partial charge is 0.435 e. The Balaban J connectivity index is 2.50. The van der Waals surface area contributed by atoms with E-state index in [0.717, 1.165) is 12.0 Å². The predicted molar refractivity (Wildman–Crippen MR) is 82.0 cm³/mol. The highest BCUT2D eigenvalue weighted by molar-refractivity contribution is 5.86. The summed E-state index contributed by atoms with van der Waals surface area (Å²) in [6, 6.07) is 5.39. The molecule has 0 aliphatic carbocycles.